The van der Waals surface area contributed by atoms with E-state index in [1.807, 2.05) is 0 Å². The Hall–Kier alpha value is -1.07. The molecule has 0 aromatic carbocycles. The highest BCUT2D eigenvalue weighted by Gasteiger charge is 2.08. The predicted molar refractivity (Wildman–Crippen MR) is 71.7 cm³/mol. The molecular weight excluding hydrogens is 208 g/mol. The third-order valence-electron chi connectivity index (χ3n) is 3.11. The SMILES string of the molecule is CCCCCCCC[NH+]1C=CC(CC)=C1.[C-]#N. The number of allylic oxidation sites excluding steroid dienone is 2. The Morgan fingerprint density at radius 1 is 1.06 bits per heavy atom. The lowest BCUT2D eigenvalue weighted by Crippen LogP contribution is -3.01. The van der Waals surface area contributed by atoms with Crippen molar-refractivity contribution in [2.45, 2.75) is 58.8 Å². The summed E-state index contributed by atoms with van der Waals surface area (Å²) in [5, 5.41) is 6.25. The van der Waals surface area contributed by atoms with Gasteiger partial charge in [0, 0.05) is 11.6 Å². The van der Waals surface area contributed by atoms with E-state index in [1.54, 1.807) is 4.90 Å². The molecule has 0 spiro atoms. The first-order valence-electron chi connectivity index (χ1n) is 6.83. The van der Waals surface area contributed by atoms with E-state index in [2.05, 4.69) is 32.3 Å². The molecule has 2 nitrogen and oxygen atoms in total. The molecule has 0 aromatic rings. The summed E-state index contributed by atoms with van der Waals surface area (Å²) in [5.74, 6) is 0. The summed E-state index contributed by atoms with van der Waals surface area (Å²) >= 11 is 0. The average molecular weight is 234 g/mol. The first-order chi connectivity index (χ1) is 8.36. The van der Waals surface area contributed by atoms with Gasteiger partial charge in [-0.15, -0.1) is 0 Å². The molecule has 0 radical (unpaired) electrons. The fraction of sp³-hybridized carbons (Fsp3) is 0.667. The number of rotatable bonds is 8. The smallest absolute Gasteiger partial charge is 0.102 e. The van der Waals surface area contributed by atoms with Crippen LogP contribution in [0.1, 0.15) is 58.8 Å². The Morgan fingerprint density at radius 3 is 2.29 bits per heavy atom. The first kappa shape index (κ1) is 15.9. The fourth-order valence-corrected chi connectivity index (χ4v) is 2.03. The lowest BCUT2D eigenvalue weighted by Gasteiger charge is -2.06. The monoisotopic (exact) mass is 234 g/mol. The van der Waals surface area contributed by atoms with Crippen LogP contribution < -0.4 is 4.90 Å². The number of nitrogens with zero attached hydrogens (tertiary/aromatic N) is 1. The van der Waals surface area contributed by atoms with Gasteiger partial charge in [-0.05, 0) is 19.3 Å². The molecule has 1 unspecified atom stereocenters. The second kappa shape index (κ2) is 11.4. The zero-order valence-electron chi connectivity index (χ0n) is 11.3. The van der Waals surface area contributed by atoms with Crippen molar-refractivity contribution in [3.63, 3.8) is 0 Å². The summed E-state index contributed by atoms with van der Waals surface area (Å²) in [6.07, 6.45) is 16.5. The summed E-state index contributed by atoms with van der Waals surface area (Å²) in [7, 11) is 0. The minimum absolute atomic E-state index is 1.18. The van der Waals surface area contributed by atoms with Gasteiger partial charge in [0.1, 0.15) is 6.20 Å². The third kappa shape index (κ3) is 7.76. The van der Waals surface area contributed by atoms with Crippen molar-refractivity contribution >= 4 is 0 Å². The molecule has 1 aliphatic rings. The number of hydrogen-bond donors (Lipinski definition) is 1. The molecule has 1 atom stereocenters. The largest absolute Gasteiger partial charge is 0.512 e. The Bertz CT molecular complexity index is 251. The van der Waals surface area contributed by atoms with Crippen LogP contribution >= 0.6 is 0 Å². The molecule has 2 heteroatoms. The van der Waals surface area contributed by atoms with Crippen molar-refractivity contribution in [3.8, 4) is 0 Å². The van der Waals surface area contributed by atoms with Gasteiger partial charge in [0.2, 0.25) is 0 Å². The maximum absolute atomic E-state index is 6.25. The van der Waals surface area contributed by atoms with Crippen LogP contribution in [0.15, 0.2) is 24.0 Å². The normalized spacial score (nSPS) is 17.4. The van der Waals surface area contributed by atoms with Crippen LogP contribution in [-0.2, 0) is 0 Å². The van der Waals surface area contributed by atoms with E-state index in [4.69, 9.17) is 11.8 Å². The van der Waals surface area contributed by atoms with Crippen molar-refractivity contribution in [2.24, 2.45) is 0 Å². The Morgan fingerprint density at radius 2 is 1.71 bits per heavy atom. The minimum Gasteiger partial charge on any atom is -0.512 e. The topological polar surface area (TPSA) is 28.2 Å². The Kier molecular flexibility index (Phi) is 10.7. The van der Waals surface area contributed by atoms with E-state index in [0.717, 1.165) is 0 Å². The quantitative estimate of drug-likeness (QED) is 0.507. The summed E-state index contributed by atoms with van der Waals surface area (Å²) < 4.78 is 0. The molecule has 1 heterocycles. The zero-order valence-corrected chi connectivity index (χ0v) is 11.3. The van der Waals surface area contributed by atoms with Gasteiger partial charge in [0.15, 0.2) is 0 Å². The van der Waals surface area contributed by atoms with Gasteiger partial charge in [0.25, 0.3) is 0 Å². The zero-order chi connectivity index (χ0) is 12.9. The molecule has 0 saturated heterocycles. The van der Waals surface area contributed by atoms with E-state index < -0.39 is 0 Å². The molecule has 1 N–H and O–H groups in total. The minimum atomic E-state index is 1.18. The lowest BCUT2D eigenvalue weighted by atomic mass is 10.1. The summed E-state index contributed by atoms with van der Waals surface area (Å²) in [4.78, 5) is 1.54. The van der Waals surface area contributed by atoms with E-state index in [1.165, 1.54) is 57.1 Å². The molecular formula is C15H26N2. The van der Waals surface area contributed by atoms with Gasteiger partial charge in [-0.3, -0.25) is 4.90 Å². The highest BCUT2D eigenvalue weighted by Crippen LogP contribution is 2.05. The summed E-state index contributed by atoms with van der Waals surface area (Å²) in [6.45, 7) is 10.5. The molecule has 0 bridgehead atoms. The van der Waals surface area contributed by atoms with Crippen LogP contribution in [0.25, 0.3) is 0 Å². The van der Waals surface area contributed by atoms with Gasteiger partial charge in [-0.2, -0.15) is 0 Å². The highest BCUT2D eigenvalue weighted by atomic mass is 15.1. The van der Waals surface area contributed by atoms with Gasteiger partial charge < -0.3 is 11.8 Å². The van der Waals surface area contributed by atoms with E-state index in [-0.39, 0.29) is 0 Å². The van der Waals surface area contributed by atoms with Gasteiger partial charge in [-0.25, -0.2) is 0 Å². The van der Waals surface area contributed by atoms with Crippen LogP contribution in [0.4, 0.5) is 0 Å². The van der Waals surface area contributed by atoms with Crippen molar-refractivity contribution in [1.29, 1.82) is 5.26 Å². The highest BCUT2D eigenvalue weighted by molar-refractivity contribution is 5.17. The van der Waals surface area contributed by atoms with E-state index >= 15 is 0 Å². The van der Waals surface area contributed by atoms with Crippen LogP contribution in [-0.4, -0.2) is 6.54 Å². The van der Waals surface area contributed by atoms with Crippen LogP contribution in [0.3, 0.4) is 0 Å². The first-order valence-corrected chi connectivity index (χ1v) is 6.83. The van der Waals surface area contributed by atoms with E-state index in [9.17, 15) is 0 Å². The lowest BCUT2D eigenvalue weighted by molar-refractivity contribution is -0.788. The number of nitrogens with one attached hydrogen (secondary N) is 1. The summed E-state index contributed by atoms with van der Waals surface area (Å²) in [5.41, 5.74) is 1.50. The van der Waals surface area contributed by atoms with Crippen LogP contribution in [0.5, 0.6) is 0 Å². The Labute approximate surface area is 107 Å². The van der Waals surface area contributed by atoms with Crippen molar-refractivity contribution in [3.05, 3.63) is 30.6 Å². The standard InChI is InChI=1S/C14H25N.CN/c1-3-5-6-7-8-9-11-15-12-10-14(4-2)13-15;1-2/h10,12-13H,3-9,11H2,1-2H3;/q;-1/p+1. The number of quaternary nitrogens is 1. The van der Waals surface area contributed by atoms with Crippen molar-refractivity contribution < 1.29 is 4.90 Å². The van der Waals surface area contributed by atoms with Crippen LogP contribution in [0, 0.1) is 11.8 Å². The molecule has 0 fully saturated rings. The maximum Gasteiger partial charge on any atom is 0.102 e. The number of hydrogen-bond acceptors (Lipinski definition) is 1. The molecule has 0 aromatic heterocycles. The fourth-order valence-electron chi connectivity index (χ4n) is 2.03. The van der Waals surface area contributed by atoms with Gasteiger partial charge >= 0.3 is 0 Å². The van der Waals surface area contributed by atoms with Gasteiger partial charge in [0.05, 0.1) is 12.7 Å². The van der Waals surface area contributed by atoms with Crippen LogP contribution in [0.2, 0.25) is 0 Å². The predicted octanol–water partition coefficient (Wildman–Crippen LogP) is 3.15. The molecule has 0 aliphatic carbocycles. The second-order valence-electron chi connectivity index (χ2n) is 4.50. The number of unbranched alkanes of at least 4 members (excludes halogenated alkanes) is 5. The van der Waals surface area contributed by atoms with E-state index in [0.29, 0.717) is 0 Å². The third-order valence-corrected chi connectivity index (χ3v) is 3.11. The van der Waals surface area contributed by atoms with Crippen molar-refractivity contribution in [1.82, 2.24) is 0 Å². The van der Waals surface area contributed by atoms with Crippen molar-refractivity contribution in [2.75, 3.05) is 6.54 Å². The van der Waals surface area contributed by atoms with Gasteiger partial charge in [-0.1, -0.05) is 39.5 Å². The molecule has 0 saturated carbocycles. The molecule has 96 valence electrons. The second-order valence-corrected chi connectivity index (χ2v) is 4.50. The Balaban J connectivity index is 0.00000121. The maximum atomic E-state index is 6.25. The molecule has 1 rings (SSSR count). The summed E-state index contributed by atoms with van der Waals surface area (Å²) in [6, 6.07) is 0. The average Bonchev–Trinajstić information content (AvgIpc) is 2.84. The molecule has 17 heavy (non-hydrogen) atoms. The molecule has 1 aliphatic heterocycles. The molecule has 0 amide bonds.